The van der Waals surface area contributed by atoms with Crippen LogP contribution in [0.2, 0.25) is 0 Å². The summed E-state index contributed by atoms with van der Waals surface area (Å²) in [6, 6.07) is 7.03. The Morgan fingerprint density at radius 1 is 1.30 bits per heavy atom. The quantitative estimate of drug-likeness (QED) is 0.776. The zero-order valence-electron chi connectivity index (χ0n) is 11.8. The lowest BCUT2D eigenvalue weighted by molar-refractivity contribution is -0.118. The molecule has 0 aliphatic carbocycles. The SMILES string of the molecule is CC(C)(C)OC(=O)NC(CC(N)=O)c1ccc(I)cc1. The van der Waals surface area contributed by atoms with Crippen LogP contribution < -0.4 is 11.1 Å². The zero-order valence-corrected chi connectivity index (χ0v) is 13.9. The van der Waals surface area contributed by atoms with Crippen molar-refractivity contribution < 1.29 is 14.3 Å². The van der Waals surface area contributed by atoms with Crippen molar-refractivity contribution in [2.75, 3.05) is 0 Å². The Bertz CT molecular complexity index is 480. The van der Waals surface area contributed by atoms with Crippen LogP contribution in [0, 0.1) is 3.57 Å². The summed E-state index contributed by atoms with van der Waals surface area (Å²) in [4.78, 5) is 22.9. The second kappa shape index (κ2) is 6.92. The van der Waals surface area contributed by atoms with Gasteiger partial charge in [-0.1, -0.05) is 12.1 Å². The molecular formula is C14H19IN2O3. The fourth-order valence-electron chi connectivity index (χ4n) is 1.60. The van der Waals surface area contributed by atoms with Gasteiger partial charge in [0.05, 0.1) is 12.5 Å². The van der Waals surface area contributed by atoms with Crippen molar-refractivity contribution in [3.8, 4) is 0 Å². The van der Waals surface area contributed by atoms with Crippen molar-refractivity contribution >= 4 is 34.6 Å². The van der Waals surface area contributed by atoms with Crippen LogP contribution in [0.4, 0.5) is 4.79 Å². The van der Waals surface area contributed by atoms with Crippen molar-refractivity contribution in [3.63, 3.8) is 0 Å². The van der Waals surface area contributed by atoms with Gasteiger partial charge in [0.25, 0.3) is 0 Å². The van der Waals surface area contributed by atoms with Gasteiger partial charge in [0.15, 0.2) is 0 Å². The topological polar surface area (TPSA) is 81.4 Å². The van der Waals surface area contributed by atoms with E-state index in [1.807, 2.05) is 24.3 Å². The number of amides is 2. The minimum absolute atomic E-state index is 0.0276. The first-order valence-electron chi connectivity index (χ1n) is 6.20. The Morgan fingerprint density at radius 2 is 1.85 bits per heavy atom. The van der Waals surface area contributed by atoms with Gasteiger partial charge >= 0.3 is 6.09 Å². The maximum atomic E-state index is 11.8. The number of carbonyl (C=O) groups is 2. The summed E-state index contributed by atoms with van der Waals surface area (Å²) in [7, 11) is 0. The molecule has 0 heterocycles. The van der Waals surface area contributed by atoms with Gasteiger partial charge in [-0.2, -0.15) is 0 Å². The molecule has 0 fully saturated rings. The fourth-order valence-corrected chi connectivity index (χ4v) is 1.96. The standard InChI is InChI=1S/C14H19IN2O3/c1-14(2,3)20-13(19)17-11(8-12(16)18)9-4-6-10(15)7-5-9/h4-7,11H,8H2,1-3H3,(H2,16,18)(H,17,19). The smallest absolute Gasteiger partial charge is 0.408 e. The number of hydrogen-bond acceptors (Lipinski definition) is 3. The van der Waals surface area contributed by atoms with E-state index in [4.69, 9.17) is 10.5 Å². The summed E-state index contributed by atoms with van der Waals surface area (Å²) in [6.45, 7) is 5.33. The fraction of sp³-hybridized carbons (Fsp3) is 0.429. The third-order valence-corrected chi connectivity index (χ3v) is 3.09. The van der Waals surface area contributed by atoms with Crippen molar-refractivity contribution in [2.45, 2.75) is 38.8 Å². The molecule has 2 amide bonds. The van der Waals surface area contributed by atoms with Crippen molar-refractivity contribution in [2.24, 2.45) is 5.73 Å². The van der Waals surface area contributed by atoms with E-state index in [0.717, 1.165) is 9.13 Å². The molecule has 0 aromatic heterocycles. The predicted octanol–water partition coefficient (Wildman–Crippen LogP) is 2.73. The highest BCUT2D eigenvalue weighted by Crippen LogP contribution is 2.19. The largest absolute Gasteiger partial charge is 0.444 e. The summed E-state index contributed by atoms with van der Waals surface area (Å²) in [5, 5.41) is 2.68. The molecular weight excluding hydrogens is 371 g/mol. The number of primary amides is 1. The van der Waals surface area contributed by atoms with Crippen LogP contribution in [0.3, 0.4) is 0 Å². The number of nitrogens with two attached hydrogens (primary N) is 1. The summed E-state index contributed by atoms with van der Waals surface area (Å²) in [5.74, 6) is -0.482. The first kappa shape index (κ1) is 16.7. The van der Waals surface area contributed by atoms with Crippen molar-refractivity contribution in [3.05, 3.63) is 33.4 Å². The van der Waals surface area contributed by atoms with Gasteiger partial charge in [-0.05, 0) is 61.1 Å². The predicted molar refractivity (Wildman–Crippen MR) is 85.1 cm³/mol. The van der Waals surface area contributed by atoms with E-state index in [-0.39, 0.29) is 6.42 Å². The number of benzene rings is 1. The molecule has 20 heavy (non-hydrogen) atoms. The molecule has 0 spiro atoms. The molecule has 0 aliphatic rings. The average Bonchev–Trinajstić information content (AvgIpc) is 2.25. The van der Waals surface area contributed by atoms with E-state index in [1.165, 1.54) is 0 Å². The molecule has 0 aliphatic heterocycles. The molecule has 3 N–H and O–H groups in total. The molecule has 1 aromatic carbocycles. The second-order valence-electron chi connectivity index (χ2n) is 5.42. The summed E-state index contributed by atoms with van der Waals surface area (Å²) in [5.41, 5.74) is 5.46. The Morgan fingerprint density at radius 3 is 2.30 bits per heavy atom. The summed E-state index contributed by atoms with van der Waals surface area (Å²) < 4.78 is 6.26. The van der Waals surface area contributed by atoms with E-state index in [1.54, 1.807) is 20.8 Å². The number of rotatable bonds is 4. The van der Waals surface area contributed by atoms with Crippen LogP contribution in [0.5, 0.6) is 0 Å². The van der Waals surface area contributed by atoms with Crippen LogP contribution in [0.1, 0.15) is 38.8 Å². The number of carbonyl (C=O) groups excluding carboxylic acids is 2. The molecule has 0 saturated carbocycles. The number of alkyl carbamates (subject to hydrolysis) is 1. The molecule has 0 saturated heterocycles. The van der Waals surface area contributed by atoms with Crippen molar-refractivity contribution in [1.82, 2.24) is 5.32 Å². The van der Waals surface area contributed by atoms with Gasteiger partial charge in [-0.15, -0.1) is 0 Å². The highest BCUT2D eigenvalue weighted by Gasteiger charge is 2.21. The molecule has 1 unspecified atom stereocenters. The van der Waals surface area contributed by atoms with Crippen molar-refractivity contribution in [1.29, 1.82) is 0 Å². The summed E-state index contributed by atoms with van der Waals surface area (Å²) in [6.07, 6.45) is -0.540. The van der Waals surface area contributed by atoms with Crippen LogP contribution in [0.15, 0.2) is 24.3 Å². The minimum Gasteiger partial charge on any atom is -0.444 e. The van der Waals surface area contributed by atoms with E-state index in [2.05, 4.69) is 27.9 Å². The van der Waals surface area contributed by atoms with Crippen LogP contribution in [-0.2, 0) is 9.53 Å². The normalized spacial score (nSPS) is 12.6. The molecule has 1 aromatic rings. The Kier molecular flexibility index (Phi) is 5.79. The molecule has 1 atom stereocenters. The van der Waals surface area contributed by atoms with E-state index >= 15 is 0 Å². The molecule has 0 bridgehead atoms. The summed E-state index contributed by atoms with van der Waals surface area (Å²) >= 11 is 2.18. The van der Waals surface area contributed by atoms with Crippen LogP contribution in [0.25, 0.3) is 0 Å². The molecule has 6 heteroatoms. The average molecular weight is 390 g/mol. The Hall–Kier alpha value is -1.31. The highest BCUT2D eigenvalue weighted by atomic mass is 127. The number of ether oxygens (including phenoxy) is 1. The molecule has 110 valence electrons. The molecule has 5 nitrogen and oxygen atoms in total. The monoisotopic (exact) mass is 390 g/mol. The maximum absolute atomic E-state index is 11.8. The van der Waals surface area contributed by atoms with Gasteiger partial charge in [-0.3, -0.25) is 4.79 Å². The minimum atomic E-state index is -0.590. The number of halogens is 1. The second-order valence-corrected chi connectivity index (χ2v) is 6.67. The maximum Gasteiger partial charge on any atom is 0.408 e. The van der Waals surface area contributed by atoms with E-state index in [9.17, 15) is 9.59 Å². The number of hydrogen-bond donors (Lipinski definition) is 2. The first-order valence-corrected chi connectivity index (χ1v) is 7.28. The number of nitrogens with one attached hydrogen (secondary N) is 1. The lowest BCUT2D eigenvalue weighted by atomic mass is 10.0. The van der Waals surface area contributed by atoms with Crippen LogP contribution in [-0.4, -0.2) is 17.6 Å². The van der Waals surface area contributed by atoms with Gasteiger partial charge in [0.1, 0.15) is 5.60 Å². The Labute approximate surface area is 132 Å². The van der Waals surface area contributed by atoms with Gasteiger partial charge in [-0.25, -0.2) is 4.79 Å². The Balaban J connectivity index is 2.82. The van der Waals surface area contributed by atoms with Gasteiger partial charge < -0.3 is 15.8 Å². The third kappa shape index (κ3) is 6.23. The lowest BCUT2D eigenvalue weighted by Crippen LogP contribution is -2.36. The highest BCUT2D eigenvalue weighted by molar-refractivity contribution is 14.1. The molecule has 1 rings (SSSR count). The van der Waals surface area contributed by atoms with E-state index in [0.29, 0.717) is 0 Å². The van der Waals surface area contributed by atoms with E-state index < -0.39 is 23.6 Å². The third-order valence-electron chi connectivity index (χ3n) is 2.37. The lowest BCUT2D eigenvalue weighted by Gasteiger charge is -2.23. The van der Waals surface area contributed by atoms with Gasteiger partial charge in [0, 0.05) is 3.57 Å². The molecule has 0 radical (unpaired) electrons. The zero-order chi connectivity index (χ0) is 15.3. The first-order chi connectivity index (χ1) is 9.17. The van der Waals surface area contributed by atoms with Gasteiger partial charge in [0.2, 0.25) is 5.91 Å². The van der Waals surface area contributed by atoms with Crippen LogP contribution >= 0.6 is 22.6 Å².